The molecule has 6 nitrogen and oxygen atoms in total. The number of benzene rings is 1. The Hall–Kier alpha value is -1.89. The van der Waals surface area contributed by atoms with E-state index in [1.165, 1.54) is 0 Å². The molecule has 0 atom stereocenters. The predicted molar refractivity (Wildman–Crippen MR) is 82.7 cm³/mol. The number of nitrogens with one attached hydrogen (secondary N) is 2. The van der Waals surface area contributed by atoms with Crippen LogP contribution in [-0.4, -0.2) is 31.2 Å². The molecule has 0 spiro atoms. The lowest BCUT2D eigenvalue weighted by molar-refractivity contribution is -0.121. The first-order chi connectivity index (χ1) is 10.5. The van der Waals surface area contributed by atoms with Gasteiger partial charge in [0, 0.05) is 12.0 Å². The van der Waals surface area contributed by atoms with Gasteiger partial charge in [0.05, 0.1) is 11.0 Å². The zero-order valence-corrected chi connectivity index (χ0v) is 13.1. The highest BCUT2D eigenvalue weighted by atomic mass is 32.2. The summed E-state index contributed by atoms with van der Waals surface area (Å²) >= 11 is 0. The summed E-state index contributed by atoms with van der Waals surface area (Å²) in [6.45, 7) is 0. The first kappa shape index (κ1) is 16.5. The predicted octanol–water partition coefficient (Wildman–Crippen LogP) is 1.20. The van der Waals surface area contributed by atoms with Crippen molar-refractivity contribution in [3.8, 4) is 0 Å². The van der Waals surface area contributed by atoms with Gasteiger partial charge in [-0.25, -0.2) is 8.42 Å². The molecule has 1 saturated carbocycles. The average molecular weight is 324 g/mol. The van der Waals surface area contributed by atoms with Gasteiger partial charge in [0.2, 0.25) is 5.91 Å². The minimum atomic E-state index is -3.22. The van der Waals surface area contributed by atoms with Crippen molar-refractivity contribution in [2.45, 2.75) is 37.4 Å². The quantitative estimate of drug-likeness (QED) is 0.796. The molecule has 0 heterocycles. The van der Waals surface area contributed by atoms with E-state index in [-0.39, 0.29) is 17.4 Å². The van der Waals surface area contributed by atoms with Crippen molar-refractivity contribution in [3.63, 3.8) is 0 Å². The lowest BCUT2D eigenvalue weighted by atomic mass is 10.2. The van der Waals surface area contributed by atoms with E-state index in [1.807, 2.05) is 0 Å². The number of hydrazine groups is 1. The molecule has 0 aromatic heterocycles. The monoisotopic (exact) mass is 324 g/mol. The fraction of sp³-hybridized carbons (Fsp3) is 0.467. The second-order valence-electron chi connectivity index (χ2n) is 5.39. The molecule has 0 bridgehead atoms. The molecule has 1 fully saturated rings. The molecular weight excluding hydrogens is 304 g/mol. The maximum Gasteiger partial charge on any atom is 0.269 e. The molecule has 1 aromatic carbocycles. The van der Waals surface area contributed by atoms with E-state index in [1.54, 1.807) is 30.3 Å². The van der Waals surface area contributed by atoms with E-state index >= 15 is 0 Å². The summed E-state index contributed by atoms with van der Waals surface area (Å²) in [6, 6.07) is 8.44. The van der Waals surface area contributed by atoms with Crippen LogP contribution >= 0.6 is 0 Å². The standard InChI is InChI=1S/C15H20N2O4S/c18-14(10-11-22(20,21)13-8-4-5-9-13)16-17-15(19)12-6-2-1-3-7-12/h1-3,6-7,13H,4-5,8-11H2,(H,16,18)(H,17,19). The summed E-state index contributed by atoms with van der Waals surface area (Å²) in [7, 11) is -3.22. The highest BCUT2D eigenvalue weighted by molar-refractivity contribution is 7.92. The van der Waals surface area contributed by atoms with Crippen molar-refractivity contribution in [1.82, 2.24) is 10.9 Å². The molecule has 120 valence electrons. The second kappa shape index (κ2) is 7.40. The topological polar surface area (TPSA) is 92.3 Å². The number of amides is 2. The third-order valence-corrected chi connectivity index (χ3v) is 6.04. The Morgan fingerprint density at radius 2 is 1.68 bits per heavy atom. The Balaban J connectivity index is 1.75. The largest absolute Gasteiger partial charge is 0.273 e. The minimum absolute atomic E-state index is 0.145. The molecule has 2 N–H and O–H groups in total. The van der Waals surface area contributed by atoms with Crippen LogP contribution in [0.1, 0.15) is 42.5 Å². The van der Waals surface area contributed by atoms with Crippen LogP contribution in [0.3, 0.4) is 0 Å². The molecule has 7 heteroatoms. The Morgan fingerprint density at radius 3 is 2.32 bits per heavy atom. The molecule has 0 saturated heterocycles. The number of sulfone groups is 1. The van der Waals surface area contributed by atoms with Gasteiger partial charge in [0.25, 0.3) is 5.91 Å². The van der Waals surface area contributed by atoms with Crippen molar-refractivity contribution in [3.05, 3.63) is 35.9 Å². The van der Waals surface area contributed by atoms with E-state index in [0.29, 0.717) is 18.4 Å². The Morgan fingerprint density at radius 1 is 1.05 bits per heavy atom. The van der Waals surface area contributed by atoms with Gasteiger partial charge < -0.3 is 0 Å². The molecular formula is C15H20N2O4S. The summed E-state index contributed by atoms with van der Waals surface area (Å²) in [5.74, 6) is -1.12. The van der Waals surface area contributed by atoms with E-state index < -0.39 is 21.7 Å². The SMILES string of the molecule is O=C(CCS(=O)(=O)C1CCCC1)NNC(=O)c1ccccc1. The van der Waals surface area contributed by atoms with Gasteiger partial charge in [0.1, 0.15) is 0 Å². The Bertz CT molecular complexity index is 622. The summed E-state index contributed by atoms with van der Waals surface area (Å²) in [4.78, 5) is 23.4. The van der Waals surface area contributed by atoms with Crippen molar-refractivity contribution < 1.29 is 18.0 Å². The van der Waals surface area contributed by atoms with E-state index in [4.69, 9.17) is 0 Å². The third kappa shape index (κ3) is 4.56. The second-order valence-corrected chi connectivity index (χ2v) is 7.79. The van der Waals surface area contributed by atoms with Crippen LogP contribution in [0.15, 0.2) is 30.3 Å². The molecule has 0 aliphatic heterocycles. The lowest BCUT2D eigenvalue weighted by Gasteiger charge is -2.11. The normalized spacial score (nSPS) is 15.5. The highest BCUT2D eigenvalue weighted by Gasteiger charge is 2.28. The van der Waals surface area contributed by atoms with Crippen LogP contribution in [-0.2, 0) is 14.6 Å². The van der Waals surface area contributed by atoms with Gasteiger partial charge in [-0.3, -0.25) is 20.4 Å². The van der Waals surface area contributed by atoms with Gasteiger partial charge in [0.15, 0.2) is 9.84 Å². The van der Waals surface area contributed by atoms with Gasteiger partial charge >= 0.3 is 0 Å². The summed E-state index contributed by atoms with van der Waals surface area (Å²) in [5, 5.41) is -0.306. The highest BCUT2D eigenvalue weighted by Crippen LogP contribution is 2.25. The smallest absolute Gasteiger partial charge is 0.269 e. The molecule has 22 heavy (non-hydrogen) atoms. The molecule has 2 amide bonds. The van der Waals surface area contributed by atoms with Crippen LogP contribution in [0, 0.1) is 0 Å². The maximum absolute atomic E-state index is 12.0. The van der Waals surface area contributed by atoms with Crippen molar-refractivity contribution in [2.24, 2.45) is 0 Å². The maximum atomic E-state index is 12.0. The fourth-order valence-corrected chi connectivity index (χ4v) is 4.35. The molecule has 0 radical (unpaired) electrons. The number of hydrogen-bond acceptors (Lipinski definition) is 4. The molecule has 1 aliphatic rings. The van der Waals surface area contributed by atoms with E-state index in [2.05, 4.69) is 10.9 Å². The minimum Gasteiger partial charge on any atom is -0.273 e. The van der Waals surface area contributed by atoms with Crippen molar-refractivity contribution in [1.29, 1.82) is 0 Å². The van der Waals surface area contributed by atoms with Crippen LogP contribution in [0.25, 0.3) is 0 Å². The van der Waals surface area contributed by atoms with Crippen molar-refractivity contribution >= 4 is 21.7 Å². The molecule has 1 aliphatic carbocycles. The van der Waals surface area contributed by atoms with E-state index in [0.717, 1.165) is 12.8 Å². The van der Waals surface area contributed by atoms with Gasteiger partial charge in [-0.2, -0.15) is 0 Å². The van der Waals surface area contributed by atoms with Gasteiger partial charge in [-0.15, -0.1) is 0 Å². The fourth-order valence-electron chi connectivity index (χ4n) is 2.50. The van der Waals surface area contributed by atoms with Gasteiger partial charge in [-0.1, -0.05) is 31.0 Å². The number of carbonyl (C=O) groups is 2. The van der Waals surface area contributed by atoms with Crippen LogP contribution in [0.2, 0.25) is 0 Å². The third-order valence-electron chi connectivity index (χ3n) is 3.78. The number of carbonyl (C=O) groups excluding carboxylic acids is 2. The molecule has 2 rings (SSSR count). The average Bonchev–Trinajstić information content (AvgIpc) is 3.07. The summed E-state index contributed by atoms with van der Waals surface area (Å²) in [6.07, 6.45) is 3.10. The molecule has 0 unspecified atom stereocenters. The van der Waals surface area contributed by atoms with Crippen LogP contribution in [0.4, 0.5) is 0 Å². The van der Waals surface area contributed by atoms with Crippen molar-refractivity contribution in [2.75, 3.05) is 5.75 Å². The Labute approximate surface area is 130 Å². The number of rotatable bonds is 5. The molecule has 1 aromatic rings. The van der Waals surface area contributed by atoms with Crippen LogP contribution < -0.4 is 10.9 Å². The summed E-state index contributed by atoms with van der Waals surface area (Å²) < 4.78 is 24.1. The van der Waals surface area contributed by atoms with E-state index in [9.17, 15) is 18.0 Å². The number of hydrogen-bond donors (Lipinski definition) is 2. The first-order valence-electron chi connectivity index (χ1n) is 7.35. The zero-order chi connectivity index (χ0) is 16.0. The Kier molecular flexibility index (Phi) is 5.54. The first-order valence-corrected chi connectivity index (χ1v) is 9.06. The lowest BCUT2D eigenvalue weighted by Crippen LogP contribution is -2.42. The van der Waals surface area contributed by atoms with Crippen LogP contribution in [0.5, 0.6) is 0 Å². The summed E-state index contributed by atoms with van der Waals surface area (Å²) in [5.41, 5.74) is 4.93. The zero-order valence-electron chi connectivity index (χ0n) is 12.2. The van der Waals surface area contributed by atoms with Gasteiger partial charge in [-0.05, 0) is 25.0 Å².